The quantitative estimate of drug-likeness (QED) is 0.755. The number of rotatable bonds is 2. The summed E-state index contributed by atoms with van der Waals surface area (Å²) in [6.07, 6.45) is 1.77. The Balaban J connectivity index is 2.43. The van der Waals surface area contributed by atoms with E-state index in [4.69, 9.17) is 4.42 Å². The van der Waals surface area contributed by atoms with Crippen LogP contribution in [0.15, 0.2) is 52.2 Å². The number of furan rings is 1. The van der Waals surface area contributed by atoms with Gasteiger partial charge < -0.3 is 4.42 Å². The van der Waals surface area contributed by atoms with Crippen LogP contribution in [0.3, 0.4) is 0 Å². The number of benzene rings is 1. The van der Waals surface area contributed by atoms with Gasteiger partial charge in [0.1, 0.15) is 0 Å². The largest absolute Gasteiger partial charge is 0.458 e. The van der Waals surface area contributed by atoms with E-state index < -0.39 is 0 Å². The first-order chi connectivity index (χ1) is 7.10. The summed E-state index contributed by atoms with van der Waals surface area (Å²) in [6, 6.07) is 12.4. The van der Waals surface area contributed by atoms with E-state index in [1.807, 2.05) is 12.1 Å². The van der Waals surface area contributed by atoms with Crippen molar-refractivity contribution in [2.24, 2.45) is 0 Å². The number of hydrogen-bond donors (Lipinski definition) is 1. The first-order valence-electron chi connectivity index (χ1n) is 4.94. The molecule has 0 atom stereocenters. The van der Waals surface area contributed by atoms with Crippen molar-refractivity contribution in [3.05, 3.63) is 53.8 Å². The van der Waals surface area contributed by atoms with Gasteiger partial charge in [-0.2, -0.15) is 0 Å². The molecule has 1 aromatic carbocycles. The molecule has 0 fully saturated rings. The summed E-state index contributed by atoms with van der Waals surface area (Å²) in [5.74, 6) is 0. The van der Waals surface area contributed by atoms with Gasteiger partial charge in [0.25, 0.3) is 0 Å². The molecule has 0 saturated heterocycles. The second kappa shape index (κ2) is 3.78. The monoisotopic (exact) mass is 218 g/mol. The summed E-state index contributed by atoms with van der Waals surface area (Å²) >= 11 is 4.18. The van der Waals surface area contributed by atoms with E-state index in [9.17, 15) is 0 Å². The lowest BCUT2D eigenvalue weighted by Crippen LogP contribution is -2.17. The molecule has 0 radical (unpaired) electrons. The van der Waals surface area contributed by atoms with Gasteiger partial charge in [-0.1, -0.05) is 44.2 Å². The van der Waals surface area contributed by atoms with Crippen LogP contribution in [0.4, 0.5) is 0 Å². The summed E-state index contributed by atoms with van der Waals surface area (Å²) in [5.41, 5.74) is 2.39. The minimum absolute atomic E-state index is 0.0360. The smallest absolute Gasteiger partial charge is 0.157 e. The van der Waals surface area contributed by atoms with E-state index in [1.54, 1.807) is 6.26 Å². The minimum atomic E-state index is -0.0360. The summed E-state index contributed by atoms with van der Waals surface area (Å²) in [4.78, 5) is 0. The van der Waals surface area contributed by atoms with Crippen LogP contribution >= 0.6 is 12.6 Å². The Morgan fingerprint density at radius 3 is 2.27 bits per heavy atom. The SMILES string of the molecule is CC(C)(c1ccccc1)c1coc(S)c1. The van der Waals surface area contributed by atoms with Crippen molar-refractivity contribution in [3.63, 3.8) is 0 Å². The molecule has 78 valence electrons. The Labute approximate surface area is 95.5 Å². The van der Waals surface area contributed by atoms with Crippen LogP contribution in [0.2, 0.25) is 0 Å². The minimum Gasteiger partial charge on any atom is -0.458 e. The van der Waals surface area contributed by atoms with Crippen molar-refractivity contribution in [2.75, 3.05) is 0 Å². The molecule has 0 spiro atoms. The molecular formula is C13H14OS. The summed E-state index contributed by atoms with van der Waals surface area (Å²) < 4.78 is 5.24. The van der Waals surface area contributed by atoms with E-state index >= 15 is 0 Å². The first kappa shape index (κ1) is 10.4. The van der Waals surface area contributed by atoms with Gasteiger partial charge in [-0.25, -0.2) is 0 Å². The van der Waals surface area contributed by atoms with Gasteiger partial charge in [0, 0.05) is 11.0 Å². The van der Waals surface area contributed by atoms with Crippen molar-refractivity contribution in [1.29, 1.82) is 0 Å². The lowest BCUT2D eigenvalue weighted by Gasteiger charge is -2.23. The van der Waals surface area contributed by atoms with Crippen LogP contribution < -0.4 is 0 Å². The summed E-state index contributed by atoms with van der Waals surface area (Å²) in [7, 11) is 0. The molecule has 15 heavy (non-hydrogen) atoms. The third-order valence-electron chi connectivity index (χ3n) is 2.80. The van der Waals surface area contributed by atoms with E-state index in [1.165, 1.54) is 5.56 Å². The van der Waals surface area contributed by atoms with Crippen LogP contribution in [-0.2, 0) is 5.41 Å². The average Bonchev–Trinajstić information content (AvgIpc) is 2.67. The van der Waals surface area contributed by atoms with E-state index in [0.29, 0.717) is 5.09 Å². The van der Waals surface area contributed by atoms with Crippen molar-refractivity contribution < 1.29 is 4.42 Å². The fraction of sp³-hybridized carbons (Fsp3) is 0.231. The van der Waals surface area contributed by atoms with E-state index in [0.717, 1.165) is 5.56 Å². The Kier molecular flexibility index (Phi) is 2.61. The van der Waals surface area contributed by atoms with Crippen molar-refractivity contribution >= 4 is 12.6 Å². The van der Waals surface area contributed by atoms with Crippen molar-refractivity contribution in [2.45, 2.75) is 24.4 Å². The summed E-state index contributed by atoms with van der Waals surface area (Å²) in [6.45, 7) is 4.36. The van der Waals surface area contributed by atoms with Gasteiger partial charge in [0.15, 0.2) is 5.09 Å². The fourth-order valence-electron chi connectivity index (χ4n) is 1.67. The zero-order chi connectivity index (χ0) is 10.9. The molecule has 1 heterocycles. The lowest BCUT2D eigenvalue weighted by atomic mass is 9.79. The van der Waals surface area contributed by atoms with Crippen LogP contribution in [0, 0.1) is 0 Å². The predicted octanol–water partition coefficient (Wildman–Crippen LogP) is 3.89. The molecule has 0 unspecified atom stereocenters. The van der Waals surface area contributed by atoms with Crippen LogP contribution in [0.5, 0.6) is 0 Å². The fourth-order valence-corrected chi connectivity index (χ4v) is 1.87. The van der Waals surface area contributed by atoms with Gasteiger partial charge in [-0.15, -0.1) is 12.6 Å². The molecule has 2 heteroatoms. The molecule has 0 saturated carbocycles. The molecule has 0 aliphatic carbocycles. The Morgan fingerprint density at radius 2 is 1.73 bits per heavy atom. The number of hydrogen-bond acceptors (Lipinski definition) is 2. The van der Waals surface area contributed by atoms with Gasteiger partial charge in [0.2, 0.25) is 0 Å². The predicted molar refractivity (Wildman–Crippen MR) is 64.5 cm³/mol. The molecule has 0 bridgehead atoms. The molecule has 1 aromatic heterocycles. The van der Waals surface area contributed by atoms with Gasteiger partial charge in [0.05, 0.1) is 6.26 Å². The van der Waals surface area contributed by atoms with Gasteiger partial charge >= 0.3 is 0 Å². The lowest BCUT2D eigenvalue weighted by molar-refractivity contribution is 0.471. The van der Waals surface area contributed by atoms with Gasteiger partial charge in [-0.05, 0) is 11.6 Å². The maximum Gasteiger partial charge on any atom is 0.157 e. The first-order valence-corrected chi connectivity index (χ1v) is 5.39. The zero-order valence-corrected chi connectivity index (χ0v) is 9.79. The molecule has 0 N–H and O–H groups in total. The normalized spacial score (nSPS) is 11.7. The Bertz CT molecular complexity index is 443. The van der Waals surface area contributed by atoms with Crippen LogP contribution in [0.1, 0.15) is 25.0 Å². The molecule has 1 nitrogen and oxygen atoms in total. The third kappa shape index (κ3) is 1.95. The molecule has 0 aliphatic heterocycles. The topological polar surface area (TPSA) is 13.1 Å². The zero-order valence-electron chi connectivity index (χ0n) is 8.90. The molecule has 2 aromatic rings. The molecule has 2 rings (SSSR count). The van der Waals surface area contributed by atoms with Crippen LogP contribution in [-0.4, -0.2) is 0 Å². The maximum atomic E-state index is 5.24. The highest BCUT2D eigenvalue weighted by Gasteiger charge is 2.24. The molecule has 0 amide bonds. The molecular weight excluding hydrogens is 204 g/mol. The van der Waals surface area contributed by atoms with Crippen molar-refractivity contribution in [1.82, 2.24) is 0 Å². The van der Waals surface area contributed by atoms with E-state index in [-0.39, 0.29) is 5.41 Å². The second-order valence-electron chi connectivity index (χ2n) is 4.16. The Morgan fingerprint density at radius 1 is 1.07 bits per heavy atom. The highest BCUT2D eigenvalue weighted by Crippen LogP contribution is 2.32. The van der Waals surface area contributed by atoms with Gasteiger partial charge in [-0.3, -0.25) is 0 Å². The van der Waals surface area contributed by atoms with Crippen molar-refractivity contribution in [3.8, 4) is 0 Å². The molecule has 0 aliphatic rings. The van der Waals surface area contributed by atoms with Crippen LogP contribution in [0.25, 0.3) is 0 Å². The average molecular weight is 218 g/mol. The standard InChI is InChI=1S/C13H14OS/c1-13(2,10-6-4-3-5-7-10)11-8-12(15)14-9-11/h3-9,15H,1-2H3. The number of thiol groups is 1. The highest BCUT2D eigenvalue weighted by atomic mass is 32.1. The second-order valence-corrected chi connectivity index (χ2v) is 4.61. The maximum absolute atomic E-state index is 5.24. The highest BCUT2D eigenvalue weighted by molar-refractivity contribution is 7.80. The van der Waals surface area contributed by atoms with E-state index in [2.05, 4.69) is 50.7 Å². The third-order valence-corrected chi connectivity index (χ3v) is 3.04. The summed E-state index contributed by atoms with van der Waals surface area (Å²) in [5, 5.41) is 0.661. The Hall–Kier alpha value is -1.15.